The Kier molecular flexibility index (Phi) is 6.29. The van der Waals surface area contributed by atoms with E-state index in [1.165, 1.54) is 48.2 Å². The van der Waals surface area contributed by atoms with Crippen LogP contribution in [0.4, 0.5) is 0 Å². The molecule has 2 aromatic rings. The highest BCUT2D eigenvalue weighted by Crippen LogP contribution is 2.17. The Morgan fingerprint density at radius 1 is 1.04 bits per heavy atom. The van der Waals surface area contributed by atoms with Crippen molar-refractivity contribution in [3.05, 3.63) is 64.7 Å². The minimum atomic E-state index is -0.0980. The fourth-order valence-corrected chi connectivity index (χ4v) is 3.26. The number of nitrogens with one attached hydrogen (secondary N) is 1. The number of hydrogen-bond donors (Lipinski definition) is 1. The zero-order chi connectivity index (χ0) is 18.4. The third kappa shape index (κ3) is 5.09. The van der Waals surface area contributed by atoms with Crippen LogP contribution in [0.2, 0.25) is 0 Å². The topological polar surface area (TPSA) is 41.6 Å². The van der Waals surface area contributed by atoms with Gasteiger partial charge in [-0.3, -0.25) is 9.69 Å². The first-order valence-corrected chi connectivity index (χ1v) is 9.38. The van der Waals surface area contributed by atoms with Gasteiger partial charge in [-0.2, -0.15) is 0 Å². The van der Waals surface area contributed by atoms with Crippen molar-refractivity contribution >= 4 is 5.91 Å². The second-order valence-corrected chi connectivity index (χ2v) is 7.06. The third-order valence-corrected chi connectivity index (χ3v) is 5.04. The highest BCUT2D eigenvalue weighted by molar-refractivity contribution is 5.77. The van der Waals surface area contributed by atoms with Crippen LogP contribution in [0.5, 0.6) is 5.75 Å². The molecule has 1 saturated heterocycles. The lowest BCUT2D eigenvalue weighted by Crippen LogP contribution is -2.29. The average molecular weight is 352 g/mol. The molecule has 0 bridgehead atoms. The second-order valence-electron chi connectivity index (χ2n) is 7.06. The molecule has 138 valence electrons. The highest BCUT2D eigenvalue weighted by atomic mass is 16.5. The molecule has 4 nitrogen and oxygen atoms in total. The Morgan fingerprint density at radius 3 is 2.50 bits per heavy atom. The number of nitrogens with zero attached hydrogens (tertiary/aromatic N) is 1. The number of hydrogen-bond acceptors (Lipinski definition) is 3. The molecular weight excluding hydrogens is 324 g/mol. The van der Waals surface area contributed by atoms with E-state index in [2.05, 4.69) is 35.3 Å². The molecule has 0 unspecified atom stereocenters. The summed E-state index contributed by atoms with van der Waals surface area (Å²) in [5, 5.41) is 2.98. The summed E-state index contributed by atoms with van der Waals surface area (Å²) in [4.78, 5) is 14.6. The summed E-state index contributed by atoms with van der Waals surface area (Å²) in [6.45, 7) is 7.99. The van der Waals surface area contributed by atoms with Crippen molar-refractivity contribution in [2.24, 2.45) is 0 Å². The normalized spacial score (nSPS) is 14.4. The Balaban J connectivity index is 1.50. The molecule has 1 N–H and O–H groups in total. The van der Waals surface area contributed by atoms with Gasteiger partial charge in [0.05, 0.1) is 0 Å². The number of ether oxygens (including phenoxy) is 1. The Hall–Kier alpha value is -2.33. The van der Waals surface area contributed by atoms with E-state index in [9.17, 15) is 4.79 Å². The molecule has 2 aromatic carbocycles. The predicted octanol–water partition coefficient (Wildman–Crippen LogP) is 3.59. The van der Waals surface area contributed by atoms with Crippen LogP contribution < -0.4 is 10.1 Å². The van der Waals surface area contributed by atoms with Crippen LogP contribution in [0.15, 0.2) is 42.5 Å². The van der Waals surface area contributed by atoms with Crippen molar-refractivity contribution < 1.29 is 9.53 Å². The number of likely N-dealkylation sites (tertiary alicyclic amines) is 1. The predicted molar refractivity (Wildman–Crippen MR) is 104 cm³/mol. The van der Waals surface area contributed by atoms with Gasteiger partial charge in [0.1, 0.15) is 5.75 Å². The third-order valence-electron chi connectivity index (χ3n) is 5.04. The van der Waals surface area contributed by atoms with Gasteiger partial charge in [0, 0.05) is 13.1 Å². The molecular formula is C22H28N2O2. The van der Waals surface area contributed by atoms with Crippen molar-refractivity contribution in [3.63, 3.8) is 0 Å². The van der Waals surface area contributed by atoms with Crippen LogP contribution in [0.1, 0.15) is 35.1 Å². The van der Waals surface area contributed by atoms with E-state index in [1.807, 2.05) is 31.2 Å². The van der Waals surface area contributed by atoms with E-state index in [1.54, 1.807) is 0 Å². The van der Waals surface area contributed by atoms with Gasteiger partial charge in [0.25, 0.3) is 5.91 Å². The molecule has 1 heterocycles. The molecule has 0 atom stereocenters. The summed E-state index contributed by atoms with van der Waals surface area (Å²) < 4.78 is 5.61. The van der Waals surface area contributed by atoms with Crippen molar-refractivity contribution in [1.82, 2.24) is 10.2 Å². The fourth-order valence-electron chi connectivity index (χ4n) is 3.26. The first-order chi connectivity index (χ1) is 12.6. The van der Waals surface area contributed by atoms with Gasteiger partial charge < -0.3 is 10.1 Å². The lowest BCUT2D eigenvalue weighted by atomic mass is 10.1. The summed E-state index contributed by atoms with van der Waals surface area (Å²) in [6.07, 6.45) is 2.57. The van der Waals surface area contributed by atoms with Gasteiger partial charge in [-0.25, -0.2) is 0 Å². The van der Waals surface area contributed by atoms with Crippen molar-refractivity contribution in [1.29, 1.82) is 0 Å². The number of amides is 1. The van der Waals surface area contributed by atoms with Crippen molar-refractivity contribution in [3.8, 4) is 5.75 Å². The fraction of sp³-hybridized carbons (Fsp3) is 0.409. The molecule has 1 amide bonds. The molecule has 1 aliphatic rings. The van der Waals surface area contributed by atoms with Crippen LogP contribution >= 0.6 is 0 Å². The monoisotopic (exact) mass is 352 g/mol. The lowest BCUT2D eigenvalue weighted by Gasteiger charge is -2.17. The lowest BCUT2D eigenvalue weighted by molar-refractivity contribution is -0.123. The van der Waals surface area contributed by atoms with E-state index in [-0.39, 0.29) is 12.5 Å². The number of benzene rings is 2. The SMILES string of the molecule is Cc1ccc(OCC(=O)NCc2ccccc2CN2CCCC2)cc1C. The van der Waals surface area contributed by atoms with Crippen LogP contribution in [0.3, 0.4) is 0 Å². The first-order valence-electron chi connectivity index (χ1n) is 9.38. The molecule has 1 fully saturated rings. The van der Waals surface area contributed by atoms with E-state index in [0.29, 0.717) is 6.54 Å². The number of aryl methyl sites for hydroxylation is 2. The summed E-state index contributed by atoms with van der Waals surface area (Å²) in [6, 6.07) is 14.2. The quantitative estimate of drug-likeness (QED) is 0.828. The van der Waals surface area contributed by atoms with Gasteiger partial charge in [-0.15, -0.1) is 0 Å². The molecule has 0 saturated carbocycles. The standard InChI is InChI=1S/C22H28N2O2/c1-17-9-10-21(13-18(17)2)26-16-22(25)23-14-19-7-3-4-8-20(19)15-24-11-5-6-12-24/h3-4,7-10,13H,5-6,11-12,14-16H2,1-2H3,(H,23,25). The molecule has 3 rings (SSSR count). The summed E-state index contributed by atoms with van der Waals surface area (Å²) in [5.41, 5.74) is 4.86. The summed E-state index contributed by atoms with van der Waals surface area (Å²) in [7, 11) is 0. The zero-order valence-electron chi connectivity index (χ0n) is 15.8. The number of carbonyl (C=O) groups is 1. The van der Waals surface area contributed by atoms with Crippen LogP contribution in [-0.4, -0.2) is 30.5 Å². The van der Waals surface area contributed by atoms with Gasteiger partial charge in [0.15, 0.2) is 6.61 Å². The van der Waals surface area contributed by atoms with Crippen LogP contribution in [0, 0.1) is 13.8 Å². The maximum absolute atomic E-state index is 12.2. The zero-order valence-corrected chi connectivity index (χ0v) is 15.8. The molecule has 0 spiro atoms. The smallest absolute Gasteiger partial charge is 0.258 e. The molecule has 1 aliphatic heterocycles. The number of rotatable bonds is 7. The van der Waals surface area contributed by atoms with Crippen molar-refractivity contribution in [2.45, 2.75) is 39.8 Å². The maximum Gasteiger partial charge on any atom is 0.258 e. The largest absolute Gasteiger partial charge is 0.484 e. The Morgan fingerprint density at radius 2 is 1.77 bits per heavy atom. The van der Waals surface area contributed by atoms with Crippen molar-refractivity contribution in [2.75, 3.05) is 19.7 Å². The molecule has 0 aliphatic carbocycles. The average Bonchev–Trinajstić information content (AvgIpc) is 3.15. The van der Waals surface area contributed by atoms with E-state index in [0.717, 1.165) is 12.3 Å². The van der Waals surface area contributed by atoms with Crippen LogP contribution in [0.25, 0.3) is 0 Å². The minimum Gasteiger partial charge on any atom is -0.484 e. The highest BCUT2D eigenvalue weighted by Gasteiger charge is 2.14. The second kappa shape index (κ2) is 8.86. The molecule has 26 heavy (non-hydrogen) atoms. The van der Waals surface area contributed by atoms with Crippen LogP contribution in [-0.2, 0) is 17.9 Å². The summed E-state index contributed by atoms with van der Waals surface area (Å²) >= 11 is 0. The molecule has 0 aromatic heterocycles. The molecule has 0 radical (unpaired) electrons. The Labute approximate surface area is 156 Å². The Bertz CT molecular complexity index is 752. The van der Waals surface area contributed by atoms with Gasteiger partial charge in [-0.1, -0.05) is 30.3 Å². The maximum atomic E-state index is 12.2. The van der Waals surface area contributed by atoms with Gasteiger partial charge >= 0.3 is 0 Å². The molecule has 4 heteroatoms. The van der Waals surface area contributed by atoms with E-state index in [4.69, 9.17) is 4.74 Å². The number of carbonyl (C=O) groups excluding carboxylic acids is 1. The first kappa shape index (κ1) is 18.5. The van der Waals surface area contributed by atoms with Gasteiger partial charge in [0.2, 0.25) is 0 Å². The van der Waals surface area contributed by atoms with Gasteiger partial charge in [-0.05, 0) is 74.2 Å². The summed E-state index contributed by atoms with van der Waals surface area (Å²) in [5.74, 6) is 0.636. The van der Waals surface area contributed by atoms with E-state index >= 15 is 0 Å². The minimum absolute atomic E-state index is 0.0385. The van der Waals surface area contributed by atoms with E-state index < -0.39 is 0 Å².